The molecule has 1 aliphatic rings. The van der Waals surface area contributed by atoms with Gasteiger partial charge in [0.15, 0.2) is 0 Å². The molecule has 0 saturated carbocycles. The molecular weight excluding hydrogens is 266 g/mol. The summed E-state index contributed by atoms with van der Waals surface area (Å²) in [7, 11) is 0. The van der Waals surface area contributed by atoms with Gasteiger partial charge in [-0.2, -0.15) is 15.4 Å². The number of aromatic nitrogens is 3. The van der Waals surface area contributed by atoms with Crippen molar-refractivity contribution < 1.29 is 13.5 Å². The predicted molar refractivity (Wildman–Crippen MR) is 66.7 cm³/mol. The average Bonchev–Trinajstić information content (AvgIpc) is 2.92. The first-order valence-corrected chi connectivity index (χ1v) is 6.36. The van der Waals surface area contributed by atoms with E-state index < -0.39 is 17.7 Å². The fraction of sp³-hybridized carbons (Fsp3) is 0.385. The monoisotopic (exact) mass is 280 g/mol. The second-order valence-electron chi connectivity index (χ2n) is 4.72. The molecule has 0 amide bonds. The van der Waals surface area contributed by atoms with Gasteiger partial charge in [0.25, 0.3) is 0 Å². The van der Waals surface area contributed by atoms with Crippen molar-refractivity contribution in [3.05, 3.63) is 47.3 Å². The molecule has 2 aromatic rings. The first-order chi connectivity index (χ1) is 9.72. The highest BCUT2D eigenvalue weighted by Crippen LogP contribution is 2.25. The molecule has 1 unspecified atom stereocenters. The van der Waals surface area contributed by atoms with E-state index in [2.05, 4.69) is 20.3 Å². The van der Waals surface area contributed by atoms with E-state index >= 15 is 0 Å². The second kappa shape index (κ2) is 5.64. The SMILES string of the molecule is Fc1ccc(C2CN(Cc3cn[nH]n3)CCO2)c(F)c1. The number of nitrogens with zero attached hydrogens (tertiary/aromatic N) is 3. The second-order valence-corrected chi connectivity index (χ2v) is 4.72. The molecule has 1 saturated heterocycles. The van der Waals surface area contributed by atoms with E-state index in [1.807, 2.05) is 0 Å². The molecule has 106 valence electrons. The number of nitrogens with one attached hydrogen (secondary N) is 1. The predicted octanol–water partition coefficient (Wildman–Crippen LogP) is 1.66. The summed E-state index contributed by atoms with van der Waals surface area (Å²) >= 11 is 0. The average molecular weight is 280 g/mol. The Morgan fingerprint density at radius 2 is 2.30 bits per heavy atom. The van der Waals surface area contributed by atoms with Crippen molar-refractivity contribution >= 4 is 0 Å². The van der Waals surface area contributed by atoms with Crippen LogP contribution in [-0.2, 0) is 11.3 Å². The van der Waals surface area contributed by atoms with Crippen LogP contribution in [0.25, 0.3) is 0 Å². The van der Waals surface area contributed by atoms with E-state index in [0.29, 0.717) is 25.3 Å². The summed E-state index contributed by atoms with van der Waals surface area (Å²) in [6.07, 6.45) is 1.26. The lowest BCUT2D eigenvalue weighted by Gasteiger charge is -2.32. The molecule has 0 bridgehead atoms. The Kier molecular flexibility index (Phi) is 3.70. The highest BCUT2D eigenvalue weighted by atomic mass is 19.1. The number of H-pyrrole nitrogens is 1. The lowest BCUT2D eigenvalue weighted by Crippen LogP contribution is -2.38. The third-order valence-corrected chi connectivity index (χ3v) is 3.31. The number of hydrogen-bond acceptors (Lipinski definition) is 4. The minimum Gasteiger partial charge on any atom is -0.371 e. The van der Waals surface area contributed by atoms with Gasteiger partial charge in [-0.05, 0) is 6.07 Å². The third-order valence-electron chi connectivity index (χ3n) is 3.31. The largest absolute Gasteiger partial charge is 0.371 e. The van der Waals surface area contributed by atoms with Gasteiger partial charge >= 0.3 is 0 Å². The Morgan fingerprint density at radius 3 is 3.05 bits per heavy atom. The molecule has 0 spiro atoms. The van der Waals surface area contributed by atoms with Crippen molar-refractivity contribution in [1.29, 1.82) is 0 Å². The maximum atomic E-state index is 13.8. The van der Waals surface area contributed by atoms with Crippen LogP contribution in [0.4, 0.5) is 8.78 Å². The summed E-state index contributed by atoms with van der Waals surface area (Å²) in [5, 5.41) is 10.3. The van der Waals surface area contributed by atoms with E-state index in [1.165, 1.54) is 12.1 Å². The van der Waals surface area contributed by atoms with Crippen LogP contribution in [0.2, 0.25) is 0 Å². The van der Waals surface area contributed by atoms with E-state index in [-0.39, 0.29) is 0 Å². The van der Waals surface area contributed by atoms with Crippen molar-refractivity contribution in [3.63, 3.8) is 0 Å². The molecule has 20 heavy (non-hydrogen) atoms. The van der Waals surface area contributed by atoms with Gasteiger partial charge < -0.3 is 4.74 Å². The summed E-state index contributed by atoms with van der Waals surface area (Å²) < 4.78 is 32.3. The van der Waals surface area contributed by atoms with Gasteiger partial charge in [0.05, 0.1) is 24.6 Å². The molecule has 1 N–H and O–H groups in total. The number of aromatic amines is 1. The first kappa shape index (κ1) is 13.1. The Bertz CT molecular complexity index is 576. The van der Waals surface area contributed by atoms with Crippen molar-refractivity contribution in [2.45, 2.75) is 12.6 Å². The van der Waals surface area contributed by atoms with E-state index in [1.54, 1.807) is 6.20 Å². The zero-order valence-corrected chi connectivity index (χ0v) is 10.7. The van der Waals surface area contributed by atoms with E-state index in [0.717, 1.165) is 18.3 Å². The molecular formula is C13H14F2N4O. The highest BCUT2D eigenvalue weighted by molar-refractivity contribution is 5.21. The molecule has 0 radical (unpaired) electrons. The zero-order valence-electron chi connectivity index (χ0n) is 10.7. The molecule has 3 rings (SSSR count). The molecule has 1 aliphatic heterocycles. The van der Waals surface area contributed by atoms with Crippen molar-refractivity contribution in [2.75, 3.05) is 19.7 Å². The lowest BCUT2D eigenvalue weighted by atomic mass is 10.1. The van der Waals surface area contributed by atoms with Crippen LogP contribution >= 0.6 is 0 Å². The molecule has 0 aliphatic carbocycles. The number of benzene rings is 1. The minimum absolute atomic E-state index is 0.385. The lowest BCUT2D eigenvalue weighted by molar-refractivity contribution is -0.0348. The molecule has 1 aromatic carbocycles. The van der Waals surface area contributed by atoms with E-state index in [9.17, 15) is 8.78 Å². The number of hydrogen-bond donors (Lipinski definition) is 1. The number of rotatable bonds is 3. The van der Waals surface area contributed by atoms with Crippen LogP contribution in [0.1, 0.15) is 17.4 Å². The van der Waals surface area contributed by atoms with Gasteiger partial charge in [0.1, 0.15) is 11.6 Å². The topological polar surface area (TPSA) is 54.0 Å². The highest BCUT2D eigenvalue weighted by Gasteiger charge is 2.25. The molecule has 1 atom stereocenters. The first-order valence-electron chi connectivity index (χ1n) is 6.36. The summed E-state index contributed by atoms with van der Waals surface area (Å²) in [4.78, 5) is 2.11. The van der Waals surface area contributed by atoms with Gasteiger partial charge in [0.2, 0.25) is 0 Å². The molecule has 1 aromatic heterocycles. The van der Waals surface area contributed by atoms with Gasteiger partial charge in [-0.25, -0.2) is 8.78 Å². The van der Waals surface area contributed by atoms with Crippen LogP contribution in [0.3, 0.4) is 0 Å². The van der Waals surface area contributed by atoms with Gasteiger partial charge in [-0.1, -0.05) is 6.07 Å². The molecule has 2 heterocycles. The Labute approximate surface area is 114 Å². The van der Waals surface area contributed by atoms with Gasteiger partial charge in [-0.3, -0.25) is 4.90 Å². The summed E-state index contributed by atoms with van der Waals surface area (Å²) in [5.74, 6) is -1.15. The van der Waals surface area contributed by atoms with Crippen LogP contribution in [-0.4, -0.2) is 40.0 Å². The molecule has 1 fully saturated rings. The van der Waals surface area contributed by atoms with Gasteiger partial charge in [0, 0.05) is 31.3 Å². The summed E-state index contributed by atoms with van der Waals surface area (Å²) in [6.45, 7) is 2.40. The fourth-order valence-corrected chi connectivity index (χ4v) is 2.33. The number of halogens is 2. The number of ether oxygens (including phenoxy) is 1. The zero-order chi connectivity index (χ0) is 13.9. The molecule has 5 nitrogen and oxygen atoms in total. The van der Waals surface area contributed by atoms with Crippen molar-refractivity contribution in [2.24, 2.45) is 0 Å². The van der Waals surface area contributed by atoms with Crippen LogP contribution in [0.15, 0.2) is 24.4 Å². The standard InChI is InChI=1S/C13H14F2N4O/c14-9-1-2-11(12(15)5-9)13-8-19(3-4-20-13)7-10-6-16-18-17-10/h1-2,5-6,13H,3-4,7-8H2,(H,16,17,18). The quantitative estimate of drug-likeness (QED) is 0.929. The summed E-state index contributed by atoms with van der Waals surface area (Å²) in [5.41, 5.74) is 1.21. The Hall–Kier alpha value is -1.86. The third kappa shape index (κ3) is 2.83. The van der Waals surface area contributed by atoms with Crippen molar-refractivity contribution in [1.82, 2.24) is 20.3 Å². The van der Waals surface area contributed by atoms with Crippen LogP contribution in [0, 0.1) is 11.6 Å². The van der Waals surface area contributed by atoms with Crippen LogP contribution < -0.4 is 0 Å². The number of morpholine rings is 1. The molecule has 7 heteroatoms. The van der Waals surface area contributed by atoms with Crippen LogP contribution in [0.5, 0.6) is 0 Å². The van der Waals surface area contributed by atoms with E-state index in [4.69, 9.17) is 4.74 Å². The maximum Gasteiger partial charge on any atom is 0.131 e. The van der Waals surface area contributed by atoms with Gasteiger partial charge in [-0.15, -0.1) is 0 Å². The Balaban J connectivity index is 1.71. The normalized spacial score (nSPS) is 20.2. The smallest absolute Gasteiger partial charge is 0.131 e. The summed E-state index contributed by atoms with van der Waals surface area (Å²) in [6, 6.07) is 3.57. The minimum atomic E-state index is -0.582. The Morgan fingerprint density at radius 1 is 1.40 bits per heavy atom. The fourth-order valence-electron chi connectivity index (χ4n) is 2.33. The maximum absolute atomic E-state index is 13.8. The van der Waals surface area contributed by atoms with Crippen molar-refractivity contribution in [3.8, 4) is 0 Å².